The predicted molar refractivity (Wildman–Crippen MR) is 97.1 cm³/mol. The number of nitriles is 1. The molecule has 120 valence electrons. The fraction of sp³-hybridized carbons (Fsp3) is 0.368. The zero-order chi connectivity index (χ0) is 17.2. The van der Waals surface area contributed by atoms with Crippen LogP contribution in [-0.2, 0) is 6.42 Å². The van der Waals surface area contributed by atoms with E-state index in [1.165, 1.54) is 11.7 Å². The van der Waals surface area contributed by atoms with E-state index in [1.807, 2.05) is 37.3 Å². The van der Waals surface area contributed by atoms with E-state index in [-0.39, 0.29) is 5.78 Å². The molecular weight excluding hydrogens is 300 g/mol. The molecule has 0 bridgehead atoms. The third-order valence-corrected chi connectivity index (χ3v) is 5.84. The summed E-state index contributed by atoms with van der Waals surface area (Å²) in [6, 6.07) is 12.9. The van der Waals surface area contributed by atoms with Gasteiger partial charge >= 0.3 is 0 Å². The number of carbonyl (C=O) groups is 1. The van der Waals surface area contributed by atoms with Gasteiger partial charge < -0.3 is 4.57 Å². The molecule has 0 saturated heterocycles. The molecule has 0 atom stereocenters. The van der Waals surface area contributed by atoms with Gasteiger partial charge in [-0.2, -0.15) is 5.26 Å². The summed E-state index contributed by atoms with van der Waals surface area (Å²) in [5, 5.41) is 8.96. The molecule has 1 aromatic heterocycles. The minimum Gasteiger partial charge on any atom is -0.317 e. The zero-order valence-corrected chi connectivity index (χ0v) is 15.6. The quantitative estimate of drug-likeness (QED) is 0.589. The SMILES string of the molecule is CC(=O)c1cc(CC[Si](C)(C)C)n(-c2ccc(C#N)cc2)c1C. The molecule has 0 amide bonds. The molecular formula is C19H24N2OSi. The summed E-state index contributed by atoms with van der Waals surface area (Å²) in [6.45, 7) is 10.7. The number of aromatic nitrogens is 1. The van der Waals surface area contributed by atoms with Crippen LogP contribution >= 0.6 is 0 Å². The van der Waals surface area contributed by atoms with Crippen LogP contribution in [0.5, 0.6) is 0 Å². The van der Waals surface area contributed by atoms with Crippen molar-refractivity contribution in [2.45, 2.75) is 46.0 Å². The van der Waals surface area contributed by atoms with Crippen molar-refractivity contribution in [2.24, 2.45) is 0 Å². The standard InChI is InChI=1S/C19H24N2OSi/c1-14-19(15(2)22)12-18(10-11-23(3,4)5)21(14)17-8-6-16(13-20)7-9-17/h6-9,12H,10-11H2,1-5H3. The fourth-order valence-corrected chi connectivity index (χ4v) is 3.77. The van der Waals surface area contributed by atoms with Crippen LogP contribution in [-0.4, -0.2) is 18.4 Å². The third-order valence-electron chi connectivity index (χ3n) is 4.09. The Bertz CT molecular complexity index is 758. The molecule has 0 fully saturated rings. The Morgan fingerprint density at radius 2 is 1.83 bits per heavy atom. The Balaban J connectivity index is 2.50. The summed E-state index contributed by atoms with van der Waals surface area (Å²) in [6.07, 6.45) is 0.976. The molecule has 23 heavy (non-hydrogen) atoms. The van der Waals surface area contributed by atoms with Crippen LogP contribution in [0, 0.1) is 18.3 Å². The van der Waals surface area contributed by atoms with Crippen LogP contribution in [0.2, 0.25) is 25.7 Å². The molecule has 0 aliphatic heterocycles. The number of hydrogen-bond acceptors (Lipinski definition) is 2. The van der Waals surface area contributed by atoms with Gasteiger partial charge in [0.15, 0.2) is 5.78 Å². The number of nitrogens with zero attached hydrogens (tertiary/aromatic N) is 2. The van der Waals surface area contributed by atoms with Gasteiger partial charge in [-0.05, 0) is 50.6 Å². The monoisotopic (exact) mass is 324 g/mol. The van der Waals surface area contributed by atoms with E-state index in [0.29, 0.717) is 5.56 Å². The number of ketones is 1. The molecule has 1 aromatic carbocycles. The summed E-state index contributed by atoms with van der Waals surface area (Å²) in [7, 11) is -1.16. The van der Waals surface area contributed by atoms with Crippen molar-refractivity contribution in [3.8, 4) is 11.8 Å². The number of benzene rings is 1. The topological polar surface area (TPSA) is 45.8 Å². The highest BCUT2D eigenvalue weighted by molar-refractivity contribution is 6.76. The molecule has 0 N–H and O–H groups in total. The van der Waals surface area contributed by atoms with E-state index >= 15 is 0 Å². The first kappa shape index (κ1) is 17.2. The molecule has 0 saturated carbocycles. The minimum absolute atomic E-state index is 0.101. The highest BCUT2D eigenvalue weighted by Gasteiger charge is 2.19. The zero-order valence-electron chi connectivity index (χ0n) is 14.6. The maximum absolute atomic E-state index is 11.9. The van der Waals surface area contributed by atoms with Crippen LogP contribution in [0.1, 0.15) is 34.2 Å². The van der Waals surface area contributed by atoms with Crippen LogP contribution < -0.4 is 0 Å². The van der Waals surface area contributed by atoms with Gasteiger partial charge in [0.25, 0.3) is 0 Å². The van der Waals surface area contributed by atoms with Crippen molar-refractivity contribution < 1.29 is 4.79 Å². The fourth-order valence-electron chi connectivity index (χ4n) is 2.76. The smallest absolute Gasteiger partial charge is 0.161 e. The largest absolute Gasteiger partial charge is 0.317 e. The lowest BCUT2D eigenvalue weighted by molar-refractivity contribution is 0.101. The Hall–Kier alpha value is -2.12. The number of rotatable bonds is 5. The highest BCUT2D eigenvalue weighted by Crippen LogP contribution is 2.25. The molecule has 2 aromatic rings. The van der Waals surface area contributed by atoms with Gasteiger partial charge in [-0.15, -0.1) is 0 Å². The van der Waals surface area contributed by atoms with E-state index in [2.05, 4.69) is 30.3 Å². The van der Waals surface area contributed by atoms with Crippen molar-refractivity contribution >= 4 is 13.9 Å². The Morgan fingerprint density at radius 1 is 1.22 bits per heavy atom. The molecule has 1 heterocycles. The summed E-state index contributed by atoms with van der Waals surface area (Å²) in [5.41, 5.74) is 4.61. The predicted octanol–water partition coefficient (Wildman–Crippen LogP) is 4.74. The lowest BCUT2D eigenvalue weighted by Crippen LogP contribution is -2.20. The average molecular weight is 325 g/mol. The van der Waals surface area contributed by atoms with E-state index in [0.717, 1.165) is 23.4 Å². The average Bonchev–Trinajstić information content (AvgIpc) is 2.81. The molecule has 0 unspecified atom stereocenters. The number of Topliss-reactive ketones (excluding diaryl/α,β-unsaturated/α-hetero) is 1. The Morgan fingerprint density at radius 3 is 2.30 bits per heavy atom. The van der Waals surface area contributed by atoms with E-state index in [4.69, 9.17) is 5.26 Å². The molecule has 0 aliphatic carbocycles. The van der Waals surface area contributed by atoms with Crippen molar-refractivity contribution in [2.75, 3.05) is 0 Å². The maximum atomic E-state index is 11.9. The lowest BCUT2D eigenvalue weighted by atomic mass is 10.2. The number of aryl methyl sites for hydroxylation is 1. The van der Waals surface area contributed by atoms with Crippen LogP contribution in [0.3, 0.4) is 0 Å². The number of carbonyl (C=O) groups excluding carboxylic acids is 1. The van der Waals surface area contributed by atoms with E-state index in [1.54, 1.807) is 6.92 Å². The van der Waals surface area contributed by atoms with Gasteiger partial charge in [-0.1, -0.05) is 25.7 Å². The van der Waals surface area contributed by atoms with Crippen LogP contribution in [0.15, 0.2) is 30.3 Å². The lowest BCUT2D eigenvalue weighted by Gasteiger charge is -2.17. The Kier molecular flexibility index (Phi) is 4.91. The first-order valence-corrected chi connectivity index (χ1v) is 11.7. The van der Waals surface area contributed by atoms with Gasteiger partial charge in [0.1, 0.15) is 0 Å². The van der Waals surface area contributed by atoms with Gasteiger partial charge in [0, 0.05) is 30.7 Å². The number of hydrogen-bond donors (Lipinski definition) is 0. The highest BCUT2D eigenvalue weighted by atomic mass is 28.3. The van der Waals surface area contributed by atoms with E-state index in [9.17, 15) is 4.79 Å². The third kappa shape index (κ3) is 3.99. The van der Waals surface area contributed by atoms with E-state index < -0.39 is 8.07 Å². The first-order valence-electron chi connectivity index (χ1n) is 7.95. The van der Waals surface area contributed by atoms with Crippen LogP contribution in [0.25, 0.3) is 5.69 Å². The van der Waals surface area contributed by atoms with Gasteiger partial charge in [-0.25, -0.2) is 0 Å². The molecule has 2 rings (SSSR count). The summed E-state index contributed by atoms with van der Waals surface area (Å²) >= 11 is 0. The maximum Gasteiger partial charge on any atom is 0.161 e. The van der Waals surface area contributed by atoms with Gasteiger partial charge in [0.05, 0.1) is 11.6 Å². The molecule has 0 radical (unpaired) electrons. The summed E-state index contributed by atoms with van der Waals surface area (Å²) in [4.78, 5) is 11.9. The normalized spacial score (nSPS) is 11.3. The van der Waals surface area contributed by atoms with Crippen LogP contribution in [0.4, 0.5) is 0 Å². The van der Waals surface area contributed by atoms with Crippen molar-refractivity contribution in [3.63, 3.8) is 0 Å². The second-order valence-corrected chi connectivity index (χ2v) is 12.9. The summed E-state index contributed by atoms with van der Waals surface area (Å²) < 4.78 is 2.16. The second-order valence-electron chi connectivity index (χ2n) is 7.25. The van der Waals surface area contributed by atoms with Crippen molar-refractivity contribution in [1.29, 1.82) is 5.26 Å². The minimum atomic E-state index is -1.16. The van der Waals surface area contributed by atoms with Gasteiger partial charge in [0.2, 0.25) is 0 Å². The van der Waals surface area contributed by atoms with Crippen molar-refractivity contribution in [1.82, 2.24) is 4.57 Å². The molecule has 0 spiro atoms. The van der Waals surface area contributed by atoms with Gasteiger partial charge in [-0.3, -0.25) is 4.79 Å². The summed E-state index contributed by atoms with van der Waals surface area (Å²) in [5.74, 6) is 0.101. The molecule has 3 nitrogen and oxygen atoms in total. The Labute approximate surface area is 139 Å². The second kappa shape index (κ2) is 6.55. The first-order chi connectivity index (χ1) is 10.7. The van der Waals surface area contributed by atoms with Crippen molar-refractivity contribution in [3.05, 3.63) is 52.8 Å². The molecule has 0 aliphatic rings. The molecule has 4 heteroatoms.